The predicted molar refractivity (Wildman–Crippen MR) is 71.1 cm³/mol. The molecule has 0 spiro atoms. The van der Waals surface area contributed by atoms with Crippen molar-refractivity contribution >= 4 is 16.6 Å². The summed E-state index contributed by atoms with van der Waals surface area (Å²) in [6.45, 7) is 2.81. The number of benzene rings is 2. The van der Waals surface area contributed by atoms with Crippen molar-refractivity contribution < 1.29 is 4.79 Å². The first-order valence-corrected chi connectivity index (χ1v) is 5.74. The monoisotopic (exact) mass is 225 g/mol. The van der Waals surface area contributed by atoms with Gasteiger partial charge in [0, 0.05) is 24.4 Å². The number of carbonyl (C=O) groups excluding carboxylic acids is 1. The van der Waals surface area contributed by atoms with Gasteiger partial charge in [0.05, 0.1) is 0 Å². The summed E-state index contributed by atoms with van der Waals surface area (Å²) in [4.78, 5) is 11.8. The molecule has 86 valence electrons. The van der Waals surface area contributed by atoms with Crippen LogP contribution < -0.4 is 5.32 Å². The normalized spacial score (nSPS) is 10.9. The summed E-state index contributed by atoms with van der Waals surface area (Å²) >= 11 is 0. The Bertz CT molecular complexity index is 558. The van der Waals surface area contributed by atoms with Gasteiger partial charge < -0.3 is 5.32 Å². The van der Waals surface area contributed by atoms with E-state index in [1.165, 1.54) is 0 Å². The second-order valence-electron chi connectivity index (χ2n) is 3.82. The standard InChI is InChI=1S/C15H15NO/c1-2-16-10-9-15(17)14-8-7-12-5-3-4-6-13(12)11-14/h3-11,16H,2H2,1H3/b10-9-. The van der Waals surface area contributed by atoms with Crippen molar-refractivity contribution in [3.05, 3.63) is 60.3 Å². The first-order chi connectivity index (χ1) is 8.31. The van der Waals surface area contributed by atoms with E-state index in [-0.39, 0.29) is 5.78 Å². The highest BCUT2D eigenvalue weighted by Gasteiger charge is 2.02. The topological polar surface area (TPSA) is 29.1 Å². The molecule has 0 fully saturated rings. The molecule has 2 aromatic rings. The van der Waals surface area contributed by atoms with Crippen LogP contribution >= 0.6 is 0 Å². The third kappa shape index (κ3) is 2.72. The van der Waals surface area contributed by atoms with Gasteiger partial charge in [-0.3, -0.25) is 4.79 Å². The van der Waals surface area contributed by atoms with Gasteiger partial charge in [-0.1, -0.05) is 36.4 Å². The number of fused-ring (bicyclic) bond motifs is 1. The molecular formula is C15H15NO. The van der Waals surface area contributed by atoms with Crippen LogP contribution in [0.15, 0.2) is 54.7 Å². The predicted octanol–water partition coefficient (Wildman–Crippen LogP) is 3.15. The maximum Gasteiger partial charge on any atom is 0.187 e. The minimum Gasteiger partial charge on any atom is -0.391 e. The molecule has 17 heavy (non-hydrogen) atoms. The summed E-state index contributed by atoms with van der Waals surface area (Å²) in [7, 11) is 0. The second kappa shape index (κ2) is 5.30. The van der Waals surface area contributed by atoms with Gasteiger partial charge in [0.1, 0.15) is 0 Å². The average molecular weight is 225 g/mol. The van der Waals surface area contributed by atoms with Gasteiger partial charge in [0.15, 0.2) is 5.78 Å². The van der Waals surface area contributed by atoms with Crippen molar-refractivity contribution in [2.45, 2.75) is 6.92 Å². The largest absolute Gasteiger partial charge is 0.391 e. The van der Waals surface area contributed by atoms with Crippen molar-refractivity contribution in [1.82, 2.24) is 5.32 Å². The first kappa shape index (κ1) is 11.4. The van der Waals surface area contributed by atoms with Crippen LogP contribution in [-0.2, 0) is 0 Å². The molecule has 0 amide bonds. The number of allylic oxidation sites excluding steroid dienone is 1. The molecule has 2 nitrogen and oxygen atoms in total. The van der Waals surface area contributed by atoms with E-state index >= 15 is 0 Å². The molecule has 0 heterocycles. The van der Waals surface area contributed by atoms with Gasteiger partial charge in [0.2, 0.25) is 0 Å². The molecule has 0 saturated heterocycles. The second-order valence-corrected chi connectivity index (χ2v) is 3.82. The smallest absolute Gasteiger partial charge is 0.187 e. The minimum atomic E-state index is 0.0247. The van der Waals surface area contributed by atoms with Crippen LogP contribution in [0.1, 0.15) is 17.3 Å². The zero-order valence-corrected chi connectivity index (χ0v) is 9.81. The lowest BCUT2D eigenvalue weighted by molar-refractivity contribution is 0.104. The Morgan fingerprint density at radius 2 is 1.94 bits per heavy atom. The Morgan fingerprint density at radius 3 is 2.71 bits per heavy atom. The van der Waals surface area contributed by atoms with Gasteiger partial charge in [0.25, 0.3) is 0 Å². The zero-order valence-electron chi connectivity index (χ0n) is 9.81. The van der Waals surface area contributed by atoms with Gasteiger partial charge in [-0.2, -0.15) is 0 Å². The molecular weight excluding hydrogens is 210 g/mol. The zero-order chi connectivity index (χ0) is 12.1. The van der Waals surface area contributed by atoms with E-state index in [1.807, 2.05) is 49.4 Å². The van der Waals surface area contributed by atoms with E-state index in [4.69, 9.17) is 0 Å². The Morgan fingerprint density at radius 1 is 1.18 bits per heavy atom. The summed E-state index contributed by atoms with van der Waals surface area (Å²) < 4.78 is 0. The molecule has 2 heteroatoms. The van der Waals surface area contributed by atoms with Crippen LogP contribution in [0.2, 0.25) is 0 Å². The summed E-state index contributed by atoms with van der Waals surface area (Å²) in [6, 6.07) is 13.8. The van der Waals surface area contributed by atoms with Crippen LogP contribution in [-0.4, -0.2) is 12.3 Å². The van der Waals surface area contributed by atoms with Gasteiger partial charge >= 0.3 is 0 Å². The van der Waals surface area contributed by atoms with Gasteiger partial charge in [-0.25, -0.2) is 0 Å². The Balaban J connectivity index is 2.27. The highest BCUT2D eigenvalue weighted by molar-refractivity contribution is 6.06. The quantitative estimate of drug-likeness (QED) is 0.639. The number of rotatable bonds is 4. The SMILES string of the molecule is CCN/C=C\C(=O)c1ccc2ccccc2c1. The van der Waals surface area contributed by atoms with E-state index in [0.29, 0.717) is 0 Å². The van der Waals surface area contributed by atoms with E-state index in [0.717, 1.165) is 22.9 Å². The lowest BCUT2D eigenvalue weighted by Gasteiger charge is -2.00. The van der Waals surface area contributed by atoms with E-state index < -0.39 is 0 Å². The number of carbonyl (C=O) groups is 1. The highest BCUT2D eigenvalue weighted by Crippen LogP contribution is 2.16. The van der Waals surface area contributed by atoms with Crippen LogP contribution in [0, 0.1) is 0 Å². The number of ketones is 1. The number of hydrogen-bond acceptors (Lipinski definition) is 2. The summed E-state index contributed by atoms with van der Waals surface area (Å²) in [5.74, 6) is 0.0247. The van der Waals surface area contributed by atoms with Gasteiger partial charge in [-0.05, 0) is 23.8 Å². The van der Waals surface area contributed by atoms with Crippen LogP contribution in [0.4, 0.5) is 0 Å². The Kier molecular flexibility index (Phi) is 3.55. The fraction of sp³-hybridized carbons (Fsp3) is 0.133. The minimum absolute atomic E-state index is 0.0247. The lowest BCUT2D eigenvalue weighted by Crippen LogP contribution is -2.04. The fourth-order valence-corrected chi connectivity index (χ4v) is 1.69. The highest BCUT2D eigenvalue weighted by atomic mass is 16.1. The molecule has 1 N–H and O–H groups in total. The van der Waals surface area contributed by atoms with Crippen molar-refractivity contribution in [2.75, 3.05) is 6.54 Å². The molecule has 0 atom stereocenters. The van der Waals surface area contributed by atoms with Crippen molar-refractivity contribution in [1.29, 1.82) is 0 Å². The van der Waals surface area contributed by atoms with Crippen LogP contribution in [0.5, 0.6) is 0 Å². The fourth-order valence-electron chi connectivity index (χ4n) is 1.69. The van der Waals surface area contributed by atoms with Crippen molar-refractivity contribution in [3.63, 3.8) is 0 Å². The van der Waals surface area contributed by atoms with Gasteiger partial charge in [-0.15, -0.1) is 0 Å². The lowest BCUT2D eigenvalue weighted by atomic mass is 10.0. The maximum absolute atomic E-state index is 11.8. The molecule has 0 bridgehead atoms. The number of hydrogen-bond donors (Lipinski definition) is 1. The van der Waals surface area contributed by atoms with Crippen molar-refractivity contribution in [3.8, 4) is 0 Å². The Labute approximate surface area is 101 Å². The Hall–Kier alpha value is -2.09. The summed E-state index contributed by atoms with van der Waals surface area (Å²) in [5, 5.41) is 5.23. The molecule has 2 aromatic carbocycles. The third-order valence-corrected chi connectivity index (χ3v) is 2.59. The molecule has 0 unspecified atom stereocenters. The molecule has 0 aliphatic heterocycles. The van der Waals surface area contributed by atoms with E-state index in [1.54, 1.807) is 12.3 Å². The summed E-state index contributed by atoms with van der Waals surface area (Å²) in [6.07, 6.45) is 3.26. The van der Waals surface area contributed by atoms with Crippen molar-refractivity contribution in [2.24, 2.45) is 0 Å². The number of nitrogens with one attached hydrogen (secondary N) is 1. The average Bonchev–Trinajstić information content (AvgIpc) is 2.38. The molecule has 0 aromatic heterocycles. The third-order valence-electron chi connectivity index (χ3n) is 2.59. The molecule has 0 aliphatic carbocycles. The first-order valence-electron chi connectivity index (χ1n) is 5.74. The molecule has 2 rings (SSSR count). The van der Waals surface area contributed by atoms with E-state index in [2.05, 4.69) is 5.32 Å². The van der Waals surface area contributed by atoms with E-state index in [9.17, 15) is 4.79 Å². The molecule has 0 aliphatic rings. The molecule has 0 radical (unpaired) electrons. The molecule has 0 saturated carbocycles. The van der Waals surface area contributed by atoms with Crippen LogP contribution in [0.3, 0.4) is 0 Å². The van der Waals surface area contributed by atoms with Crippen LogP contribution in [0.25, 0.3) is 10.8 Å². The summed E-state index contributed by atoms with van der Waals surface area (Å²) in [5.41, 5.74) is 0.720. The maximum atomic E-state index is 11.8.